The summed E-state index contributed by atoms with van der Waals surface area (Å²) in [5.74, 6) is -0.0400. The van der Waals surface area contributed by atoms with E-state index in [9.17, 15) is 4.79 Å². The minimum absolute atomic E-state index is 0.0400. The van der Waals surface area contributed by atoms with Crippen molar-refractivity contribution in [3.63, 3.8) is 0 Å². The Kier molecular flexibility index (Phi) is 3.40. The molecule has 0 fully saturated rings. The highest BCUT2D eigenvalue weighted by Gasteiger charge is 2.03. The number of nitrogens with two attached hydrogens (primary N) is 1. The fraction of sp³-hybridized carbons (Fsp3) is 0.0714. The fourth-order valence-corrected chi connectivity index (χ4v) is 1.62. The number of amides is 1. The van der Waals surface area contributed by atoms with Gasteiger partial charge < -0.3 is 11.1 Å². The van der Waals surface area contributed by atoms with Gasteiger partial charge in [-0.1, -0.05) is 30.3 Å². The van der Waals surface area contributed by atoms with E-state index in [2.05, 4.69) is 5.32 Å². The van der Waals surface area contributed by atoms with Crippen LogP contribution in [0.2, 0.25) is 0 Å². The maximum atomic E-state index is 11.7. The molecule has 2 aromatic carbocycles. The summed E-state index contributed by atoms with van der Waals surface area (Å²) in [5, 5.41) is 2.83. The normalized spacial score (nSPS) is 9.88. The Morgan fingerprint density at radius 1 is 1.06 bits per heavy atom. The molecule has 0 aliphatic heterocycles. The molecule has 2 rings (SSSR count). The van der Waals surface area contributed by atoms with Crippen LogP contribution < -0.4 is 11.1 Å². The molecule has 0 saturated heterocycles. The summed E-state index contributed by atoms with van der Waals surface area (Å²) in [6, 6.07) is 16.7. The first-order valence-electron chi connectivity index (χ1n) is 5.43. The van der Waals surface area contributed by atoms with Gasteiger partial charge in [0.25, 0.3) is 0 Å². The first-order valence-corrected chi connectivity index (χ1v) is 5.43. The van der Waals surface area contributed by atoms with Crippen LogP contribution in [0.5, 0.6) is 0 Å². The molecule has 0 bridgehead atoms. The smallest absolute Gasteiger partial charge is 0.228 e. The predicted octanol–water partition coefficient (Wildman–Crippen LogP) is 2.45. The number of hydrogen-bond acceptors (Lipinski definition) is 2. The molecular weight excluding hydrogens is 212 g/mol. The largest absolute Gasteiger partial charge is 0.399 e. The minimum atomic E-state index is -0.0400. The van der Waals surface area contributed by atoms with Crippen molar-refractivity contribution in [2.75, 3.05) is 11.1 Å². The molecular formula is C14H14N2O. The van der Waals surface area contributed by atoms with Gasteiger partial charge in [-0.2, -0.15) is 0 Å². The van der Waals surface area contributed by atoms with Gasteiger partial charge in [-0.05, 0) is 29.8 Å². The van der Waals surface area contributed by atoms with Crippen LogP contribution in [-0.4, -0.2) is 5.91 Å². The van der Waals surface area contributed by atoms with Gasteiger partial charge in [-0.25, -0.2) is 0 Å². The average Bonchev–Trinajstić information content (AvgIpc) is 2.30. The molecule has 2 aromatic rings. The fourth-order valence-electron chi connectivity index (χ4n) is 1.62. The summed E-state index contributed by atoms with van der Waals surface area (Å²) < 4.78 is 0. The third-order valence-electron chi connectivity index (χ3n) is 2.37. The van der Waals surface area contributed by atoms with Gasteiger partial charge in [0.2, 0.25) is 5.91 Å². The van der Waals surface area contributed by atoms with Crippen molar-refractivity contribution >= 4 is 17.3 Å². The molecule has 0 aliphatic rings. The topological polar surface area (TPSA) is 55.1 Å². The van der Waals surface area contributed by atoms with Gasteiger partial charge in [0.15, 0.2) is 0 Å². The van der Waals surface area contributed by atoms with Crippen LogP contribution in [0, 0.1) is 0 Å². The number of benzene rings is 2. The summed E-state index contributed by atoms with van der Waals surface area (Å²) in [7, 11) is 0. The number of hydrogen-bond donors (Lipinski definition) is 2. The SMILES string of the molecule is Nc1cccc(CC(=O)Nc2ccccc2)c1. The second-order valence-electron chi connectivity index (χ2n) is 3.84. The molecule has 0 aromatic heterocycles. The number of carbonyl (C=O) groups is 1. The summed E-state index contributed by atoms with van der Waals surface area (Å²) in [6.07, 6.45) is 0.333. The Labute approximate surface area is 100 Å². The van der Waals surface area contributed by atoms with Crippen LogP contribution >= 0.6 is 0 Å². The van der Waals surface area contributed by atoms with Crippen molar-refractivity contribution in [2.24, 2.45) is 0 Å². The lowest BCUT2D eigenvalue weighted by Gasteiger charge is -2.05. The molecule has 86 valence electrons. The van der Waals surface area contributed by atoms with Gasteiger partial charge in [-0.15, -0.1) is 0 Å². The van der Waals surface area contributed by atoms with E-state index in [1.165, 1.54) is 0 Å². The number of nitrogens with one attached hydrogen (secondary N) is 1. The molecule has 0 unspecified atom stereocenters. The molecule has 0 spiro atoms. The lowest BCUT2D eigenvalue weighted by atomic mass is 10.1. The average molecular weight is 226 g/mol. The molecule has 3 nitrogen and oxygen atoms in total. The van der Waals surface area contributed by atoms with Crippen molar-refractivity contribution in [1.29, 1.82) is 0 Å². The van der Waals surface area contributed by atoms with E-state index >= 15 is 0 Å². The van der Waals surface area contributed by atoms with Crippen LogP contribution in [0.1, 0.15) is 5.56 Å². The summed E-state index contributed by atoms with van der Waals surface area (Å²) in [6.45, 7) is 0. The van der Waals surface area contributed by atoms with Crippen molar-refractivity contribution in [3.05, 3.63) is 60.2 Å². The van der Waals surface area contributed by atoms with Crippen LogP contribution in [0.3, 0.4) is 0 Å². The Balaban J connectivity index is 1.98. The quantitative estimate of drug-likeness (QED) is 0.790. The minimum Gasteiger partial charge on any atom is -0.399 e. The zero-order chi connectivity index (χ0) is 12.1. The monoisotopic (exact) mass is 226 g/mol. The highest BCUT2D eigenvalue weighted by Crippen LogP contribution is 2.09. The summed E-state index contributed by atoms with van der Waals surface area (Å²) >= 11 is 0. The third kappa shape index (κ3) is 3.34. The second-order valence-corrected chi connectivity index (χ2v) is 3.84. The predicted molar refractivity (Wildman–Crippen MR) is 69.6 cm³/mol. The summed E-state index contributed by atoms with van der Waals surface area (Å²) in [5.41, 5.74) is 8.05. The molecule has 17 heavy (non-hydrogen) atoms. The number of nitrogen functional groups attached to an aromatic ring is 1. The molecule has 3 heteroatoms. The second kappa shape index (κ2) is 5.16. The van der Waals surface area contributed by atoms with Gasteiger partial charge in [0.1, 0.15) is 0 Å². The first-order chi connectivity index (χ1) is 8.24. The maximum absolute atomic E-state index is 11.7. The van der Waals surface area contributed by atoms with E-state index in [4.69, 9.17) is 5.73 Å². The van der Waals surface area contributed by atoms with E-state index in [0.717, 1.165) is 11.3 Å². The van der Waals surface area contributed by atoms with Gasteiger partial charge >= 0.3 is 0 Å². The van der Waals surface area contributed by atoms with E-state index in [1.54, 1.807) is 6.07 Å². The maximum Gasteiger partial charge on any atom is 0.228 e. The zero-order valence-corrected chi connectivity index (χ0v) is 9.39. The van der Waals surface area contributed by atoms with Gasteiger partial charge in [0, 0.05) is 11.4 Å². The standard InChI is InChI=1S/C14H14N2O/c15-12-6-4-5-11(9-12)10-14(17)16-13-7-2-1-3-8-13/h1-9H,10,15H2,(H,16,17). The van der Waals surface area contributed by atoms with Crippen molar-refractivity contribution in [3.8, 4) is 0 Å². The lowest BCUT2D eigenvalue weighted by Crippen LogP contribution is -2.14. The van der Waals surface area contributed by atoms with Crippen LogP contribution in [0.15, 0.2) is 54.6 Å². The van der Waals surface area contributed by atoms with Crippen molar-refractivity contribution < 1.29 is 4.79 Å². The number of carbonyl (C=O) groups excluding carboxylic acids is 1. The van der Waals surface area contributed by atoms with Crippen molar-refractivity contribution in [1.82, 2.24) is 0 Å². The Hall–Kier alpha value is -2.29. The highest BCUT2D eigenvalue weighted by atomic mass is 16.1. The Morgan fingerprint density at radius 3 is 2.53 bits per heavy atom. The summed E-state index contributed by atoms with van der Waals surface area (Å²) in [4.78, 5) is 11.7. The zero-order valence-electron chi connectivity index (χ0n) is 9.39. The number of para-hydroxylation sites is 1. The molecule has 0 heterocycles. The number of anilines is 2. The van der Waals surface area contributed by atoms with E-state index < -0.39 is 0 Å². The molecule has 0 atom stereocenters. The lowest BCUT2D eigenvalue weighted by molar-refractivity contribution is -0.115. The third-order valence-corrected chi connectivity index (χ3v) is 2.37. The first kappa shape index (κ1) is 11.2. The van der Waals surface area contributed by atoms with Gasteiger partial charge in [-0.3, -0.25) is 4.79 Å². The van der Waals surface area contributed by atoms with Gasteiger partial charge in [0.05, 0.1) is 6.42 Å². The van der Waals surface area contributed by atoms with E-state index in [-0.39, 0.29) is 5.91 Å². The van der Waals surface area contributed by atoms with Crippen molar-refractivity contribution in [2.45, 2.75) is 6.42 Å². The molecule has 0 saturated carbocycles. The molecule has 1 amide bonds. The highest BCUT2D eigenvalue weighted by molar-refractivity contribution is 5.92. The van der Waals surface area contributed by atoms with Crippen LogP contribution in [0.25, 0.3) is 0 Å². The Bertz CT molecular complexity index is 509. The Morgan fingerprint density at radius 2 is 1.82 bits per heavy atom. The molecule has 0 radical (unpaired) electrons. The number of rotatable bonds is 3. The molecule has 0 aliphatic carbocycles. The molecule has 3 N–H and O–H groups in total. The van der Waals surface area contributed by atoms with Crippen LogP contribution in [0.4, 0.5) is 11.4 Å². The van der Waals surface area contributed by atoms with E-state index in [1.807, 2.05) is 48.5 Å². The van der Waals surface area contributed by atoms with E-state index in [0.29, 0.717) is 12.1 Å². The van der Waals surface area contributed by atoms with Crippen LogP contribution in [-0.2, 0) is 11.2 Å².